The summed E-state index contributed by atoms with van der Waals surface area (Å²) in [5, 5.41) is 11.4. The second-order valence-electron chi connectivity index (χ2n) is 8.54. The van der Waals surface area contributed by atoms with Crippen molar-refractivity contribution >= 4 is 50.8 Å². The Bertz CT molecular complexity index is 1210. The van der Waals surface area contributed by atoms with Gasteiger partial charge in [0.1, 0.15) is 11.9 Å². The van der Waals surface area contributed by atoms with Crippen molar-refractivity contribution in [3.05, 3.63) is 46.0 Å². The van der Waals surface area contributed by atoms with Crippen LogP contribution in [0.25, 0.3) is 16.9 Å². The number of nitrogens with zero attached hydrogens (tertiary/aromatic N) is 4. The van der Waals surface area contributed by atoms with Crippen LogP contribution in [0.4, 0.5) is 5.82 Å². The van der Waals surface area contributed by atoms with Crippen LogP contribution in [0, 0.1) is 5.92 Å². The van der Waals surface area contributed by atoms with Crippen molar-refractivity contribution < 1.29 is 9.59 Å². The number of halogens is 2. The van der Waals surface area contributed by atoms with E-state index in [2.05, 4.69) is 31.7 Å². The highest BCUT2D eigenvalue weighted by molar-refractivity contribution is 9.10. The van der Waals surface area contributed by atoms with Gasteiger partial charge < -0.3 is 15.5 Å². The van der Waals surface area contributed by atoms with Crippen molar-refractivity contribution in [1.29, 1.82) is 0 Å². The summed E-state index contributed by atoms with van der Waals surface area (Å²) in [5.41, 5.74) is 2.36. The summed E-state index contributed by atoms with van der Waals surface area (Å²) in [6.07, 6.45) is 4.60. The molecule has 1 unspecified atom stereocenters. The van der Waals surface area contributed by atoms with Crippen LogP contribution in [0.2, 0.25) is 5.02 Å². The third kappa shape index (κ3) is 4.56. The Morgan fingerprint density at radius 3 is 2.76 bits per heavy atom. The maximum absolute atomic E-state index is 12.6. The van der Waals surface area contributed by atoms with E-state index in [0.29, 0.717) is 42.5 Å². The molecule has 0 bridgehead atoms. The molecule has 1 aromatic carbocycles. The molecule has 8 nitrogen and oxygen atoms in total. The van der Waals surface area contributed by atoms with Crippen molar-refractivity contribution in [2.75, 3.05) is 25.0 Å². The first-order valence-corrected chi connectivity index (χ1v) is 12.3. The third-order valence-corrected chi connectivity index (χ3v) is 7.26. The van der Waals surface area contributed by atoms with Gasteiger partial charge in [-0.05, 0) is 47.2 Å². The number of piperidine rings is 1. The number of benzene rings is 1. The molecule has 2 aromatic heterocycles. The largest absolute Gasteiger partial charge is 0.370 e. The monoisotopic (exact) mass is 530 g/mol. The third-order valence-electron chi connectivity index (χ3n) is 6.37. The Kier molecular flexibility index (Phi) is 6.25. The van der Waals surface area contributed by atoms with Crippen LogP contribution in [-0.4, -0.2) is 57.0 Å². The molecule has 10 heteroatoms. The molecular weight excluding hydrogens is 508 g/mol. The number of likely N-dealkylation sites (tertiary alicyclic amines) is 1. The van der Waals surface area contributed by atoms with Crippen LogP contribution in [0.1, 0.15) is 25.7 Å². The minimum atomic E-state index is -0.348. The molecule has 2 saturated heterocycles. The normalized spacial score (nSPS) is 19.2. The van der Waals surface area contributed by atoms with Crippen molar-refractivity contribution in [3.63, 3.8) is 0 Å². The van der Waals surface area contributed by atoms with Crippen molar-refractivity contribution in [2.24, 2.45) is 5.92 Å². The number of hydrogen-bond acceptors (Lipinski definition) is 5. The van der Waals surface area contributed by atoms with Gasteiger partial charge in [0, 0.05) is 42.7 Å². The maximum Gasteiger partial charge on any atom is 0.245 e. The number of carbonyl (C=O) groups excluding carboxylic acids is 2. The zero-order valence-corrected chi connectivity index (χ0v) is 20.3. The molecule has 172 valence electrons. The Hall–Kier alpha value is -2.65. The number of nitrogens with one attached hydrogen (secondary N) is 2. The van der Waals surface area contributed by atoms with Gasteiger partial charge in [0.25, 0.3) is 0 Å². The lowest BCUT2D eigenvalue weighted by atomic mass is 9.96. The highest BCUT2D eigenvalue weighted by atomic mass is 79.9. The second-order valence-corrected chi connectivity index (χ2v) is 9.80. The van der Waals surface area contributed by atoms with Gasteiger partial charge in [-0.25, -0.2) is 4.98 Å². The van der Waals surface area contributed by atoms with Crippen molar-refractivity contribution in [2.45, 2.75) is 31.7 Å². The molecule has 0 radical (unpaired) electrons. The summed E-state index contributed by atoms with van der Waals surface area (Å²) in [4.78, 5) is 30.7. The van der Waals surface area contributed by atoms with E-state index in [1.807, 2.05) is 35.2 Å². The van der Waals surface area contributed by atoms with Gasteiger partial charge in [-0.2, -0.15) is 9.61 Å². The molecule has 2 amide bonds. The average Bonchev–Trinajstić information content (AvgIpc) is 3.43. The van der Waals surface area contributed by atoms with E-state index in [1.165, 1.54) is 0 Å². The van der Waals surface area contributed by atoms with E-state index in [0.717, 1.165) is 40.9 Å². The summed E-state index contributed by atoms with van der Waals surface area (Å²) in [7, 11) is 0. The predicted molar refractivity (Wildman–Crippen MR) is 130 cm³/mol. The molecule has 0 saturated carbocycles. The second kappa shape index (κ2) is 9.30. The van der Waals surface area contributed by atoms with Gasteiger partial charge in [-0.15, -0.1) is 0 Å². The smallest absolute Gasteiger partial charge is 0.245 e. The molecular formula is C23H24BrClN6O2. The molecule has 2 fully saturated rings. The Balaban J connectivity index is 1.27. The van der Waals surface area contributed by atoms with Crippen molar-refractivity contribution in [1.82, 2.24) is 24.8 Å². The average molecular weight is 532 g/mol. The van der Waals surface area contributed by atoms with Gasteiger partial charge in [0.05, 0.1) is 16.4 Å². The van der Waals surface area contributed by atoms with Crippen LogP contribution in [0.3, 0.4) is 0 Å². The molecule has 2 aliphatic rings. The van der Waals surface area contributed by atoms with Gasteiger partial charge in [0.15, 0.2) is 5.65 Å². The summed E-state index contributed by atoms with van der Waals surface area (Å²) in [6, 6.07) is 9.27. The van der Waals surface area contributed by atoms with Gasteiger partial charge in [0.2, 0.25) is 11.8 Å². The van der Waals surface area contributed by atoms with E-state index >= 15 is 0 Å². The number of aromatic nitrogens is 3. The first-order chi connectivity index (χ1) is 16.0. The Labute approximate surface area is 204 Å². The highest BCUT2D eigenvalue weighted by Crippen LogP contribution is 2.30. The van der Waals surface area contributed by atoms with E-state index in [1.54, 1.807) is 10.7 Å². The molecule has 33 heavy (non-hydrogen) atoms. The number of anilines is 1. The SMILES string of the molecule is O=C1CCC(C(=O)N2CCC(CNc3cc(-c4ccccc4Cl)nc4c(Br)cnn34)CC2)N1. The molecule has 4 heterocycles. The lowest BCUT2D eigenvalue weighted by molar-refractivity contribution is -0.135. The molecule has 2 N–H and O–H groups in total. The molecule has 0 aliphatic carbocycles. The summed E-state index contributed by atoms with van der Waals surface area (Å²) >= 11 is 9.95. The van der Waals surface area contributed by atoms with Crippen LogP contribution in [0.15, 0.2) is 41.0 Å². The Morgan fingerprint density at radius 2 is 2.03 bits per heavy atom. The predicted octanol–water partition coefficient (Wildman–Crippen LogP) is 3.74. The number of amides is 2. The fraction of sp³-hybridized carbons (Fsp3) is 0.391. The first kappa shape index (κ1) is 22.2. The van der Waals surface area contributed by atoms with E-state index in [-0.39, 0.29) is 17.9 Å². The molecule has 0 spiro atoms. The van der Waals surface area contributed by atoms with Crippen LogP contribution in [0.5, 0.6) is 0 Å². The van der Waals surface area contributed by atoms with Gasteiger partial charge in [-0.3, -0.25) is 9.59 Å². The van der Waals surface area contributed by atoms with Crippen LogP contribution in [-0.2, 0) is 9.59 Å². The zero-order valence-electron chi connectivity index (χ0n) is 17.9. The fourth-order valence-corrected chi connectivity index (χ4v) is 5.08. The fourth-order valence-electron chi connectivity index (χ4n) is 4.49. The number of fused-ring (bicyclic) bond motifs is 1. The summed E-state index contributed by atoms with van der Waals surface area (Å²) in [6.45, 7) is 2.18. The zero-order chi connectivity index (χ0) is 22.9. The van der Waals surface area contributed by atoms with E-state index in [4.69, 9.17) is 16.6 Å². The number of hydrogen-bond donors (Lipinski definition) is 2. The molecule has 2 aliphatic heterocycles. The van der Waals surface area contributed by atoms with Gasteiger partial charge in [-0.1, -0.05) is 29.8 Å². The Morgan fingerprint density at radius 1 is 1.24 bits per heavy atom. The highest BCUT2D eigenvalue weighted by Gasteiger charge is 2.32. The molecule has 5 rings (SSSR count). The standard InChI is InChI=1S/C23H24BrClN6O2/c24-16-13-27-31-20(11-19(29-22(16)31)15-3-1-2-4-17(15)25)26-12-14-7-9-30(10-8-14)23(33)18-5-6-21(32)28-18/h1-4,11,13-14,18,26H,5-10,12H2,(H,28,32). The van der Waals surface area contributed by atoms with E-state index in [9.17, 15) is 9.59 Å². The molecule has 1 atom stereocenters. The lowest BCUT2D eigenvalue weighted by Gasteiger charge is -2.33. The quantitative estimate of drug-likeness (QED) is 0.523. The van der Waals surface area contributed by atoms with Crippen LogP contribution < -0.4 is 10.6 Å². The number of rotatable bonds is 5. The van der Waals surface area contributed by atoms with Crippen molar-refractivity contribution in [3.8, 4) is 11.3 Å². The minimum Gasteiger partial charge on any atom is -0.370 e. The number of carbonyl (C=O) groups is 2. The van der Waals surface area contributed by atoms with Crippen LogP contribution >= 0.6 is 27.5 Å². The maximum atomic E-state index is 12.6. The first-order valence-electron chi connectivity index (χ1n) is 11.1. The summed E-state index contributed by atoms with van der Waals surface area (Å²) < 4.78 is 2.59. The lowest BCUT2D eigenvalue weighted by Crippen LogP contribution is -2.48. The summed E-state index contributed by atoms with van der Waals surface area (Å²) in [5.74, 6) is 1.29. The minimum absolute atomic E-state index is 0.0301. The van der Waals surface area contributed by atoms with Gasteiger partial charge >= 0.3 is 0 Å². The molecule has 3 aromatic rings. The topological polar surface area (TPSA) is 91.6 Å². The van der Waals surface area contributed by atoms with E-state index < -0.39 is 0 Å².